The third kappa shape index (κ3) is 5.18. The number of amides is 4. The summed E-state index contributed by atoms with van der Waals surface area (Å²) in [6.45, 7) is 2.91. The van der Waals surface area contributed by atoms with Crippen LogP contribution in [0.1, 0.15) is 18.4 Å². The number of likely N-dealkylation sites (tertiary alicyclic amines) is 1. The van der Waals surface area contributed by atoms with Gasteiger partial charge in [0, 0.05) is 30.2 Å². The van der Waals surface area contributed by atoms with E-state index in [1.807, 2.05) is 61.5 Å². The highest BCUT2D eigenvalue weighted by Crippen LogP contribution is 2.39. The summed E-state index contributed by atoms with van der Waals surface area (Å²) >= 11 is 0. The molecule has 3 aromatic rings. The molecule has 0 aromatic heterocycles. The van der Waals surface area contributed by atoms with Gasteiger partial charge in [-0.05, 0) is 73.9 Å². The number of aryl methyl sites for hydroxylation is 1. The van der Waals surface area contributed by atoms with Gasteiger partial charge in [-0.2, -0.15) is 0 Å². The van der Waals surface area contributed by atoms with Crippen LogP contribution >= 0.6 is 0 Å². The van der Waals surface area contributed by atoms with E-state index < -0.39 is 11.4 Å². The number of hydrogen-bond acceptors (Lipinski definition) is 4. The Bertz CT molecular complexity index is 1320. The van der Waals surface area contributed by atoms with Crippen molar-refractivity contribution in [1.82, 2.24) is 9.80 Å². The zero-order valence-electron chi connectivity index (χ0n) is 21.2. The van der Waals surface area contributed by atoms with Crippen LogP contribution in [0.4, 0.5) is 26.2 Å². The molecule has 196 valence electrons. The molecular weight excluding hydrogens is 485 g/mol. The molecule has 0 atom stereocenters. The summed E-state index contributed by atoms with van der Waals surface area (Å²) in [4.78, 5) is 44.9. The Morgan fingerprint density at radius 2 is 1.61 bits per heavy atom. The molecule has 2 aliphatic rings. The van der Waals surface area contributed by atoms with E-state index in [0.717, 1.165) is 16.9 Å². The Morgan fingerprint density at radius 1 is 0.895 bits per heavy atom. The summed E-state index contributed by atoms with van der Waals surface area (Å²) < 4.78 is 13.2. The molecule has 38 heavy (non-hydrogen) atoms. The lowest BCUT2D eigenvalue weighted by Crippen LogP contribution is -2.58. The summed E-state index contributed by atoms with van der Waals surface area (Å²) in [7, 11) is 0. The lowest BCUT2D eigenvalue weighted by atomic mass is 9.85. The lowest BCUT2D eigenvalue weighted by molar-refractivity contribution is -0.136. The van der Waals surface area contributed by atoms with Gasteiger partial charge in [0.05, 0.1) is 6.67 Å². The fourth-order valence-electron chi connectivity index (χ4n) is 5.23. The minimum absolute atomic E-state index is 0.126. The van der Waals surface area contributed by atoms with E-state index in [2.05, 4.69) is 15.5 Å². The first kappa shape index (κ1) is 25.3. The number of para-hydroxylation sites is 1. The average molecular weight is 516 g/mol. The van der Waals surface area contributed by atoms with Crippen molar-refractivity contribution in [2.75, 3.05) is 41.8 Å². The topological polar surface area (TPSA) is 85.0 Å². The standard InChI is InChI=1S/C29H30FN5O3/c1-21-6-5-7-24(18-21)32-28(38)33-16-14-29(15-17-33)27(37)34(20-35(29)25-8-3-2-4-9-25)19-26(36)31-23-12-10-22(30)11-13-23/h2-13,18H,14-17,19-20H2,1H3,(H,31,36)(H,32,38). The second-order valence-electron chi connectivity index (χ2n) is 9.78. The van der Waals surface area contributed by atoms with Crippen LogP contribution in [-0.2, 0) is 9.59 Å². The van der Waals surface area contributed by atoms with Crippen molar-refractivity contribution in [2.45, 2.75) is 25.3 Å². The van der Waals surface area contributed by atoms with Crippen LogP contribution in [0.5, 0.6) is 0 Å². The second-order valence-corrected chi connectivity index (χ2v) is 9.78. The van der Waals surface area contributed by atoms with Crippen LogP contribution in [0.2, 0.25) is 0 Å². The summed E-state index contributed by atoms with van der Waals surface area (Å²) in [6.07, 6.45) is 0.885. The summed E-state index contributed by atoms with van der Waals surface area (Å²) in [5, 5.41) is 5.68. The number of hydrogen-bond donors (Lipinski definition) is 2. The number of carbonyl (C=O) groups excluding carboxylic acids is 3. The predicted molar refractivity (Wildman–Crippen MR) is 144 cm³/mol. The third-order valence-corrected chi connectivity index (χ3v) is 7.19. The van der Waals surface area contributed by atoms with Gasteiger partial charge in [0.2, 0.25) is 5.91 Å². The molecule has 8 nitrogen and oxygen atoms in total. The second kappa shape index (κ2) is 10.5. The molecule has 0 radical (unpaired) electrons. The summed E-state index contributed by atoms with van der Waals surface area (Å²) in [6, 6.07) is 22.6. The molecule has 0 bridgehead atoms. The van der Waals surface area contributed by atoms with Gasteiger partial charge in [-0.15, -0.1) is 0 Å². The molecule has 2 fully saturated rings. The van der Waals surface area contributed by atoms with E-state index >= 15 is 0 Å². The van der Waals surface area contributed by atoms with Crippen LogP contribution in [0.3, 0.4) is 0 Å². The van der Waals surface area contributed by atoms with Gasteiger partial charge < -0.3 is 25.3 Å². The predicted octanol–water partition coefficient (Wildman–Crippen LogP) is 4.45. The van der Waals surface area contributed by atoms with Crippen LogP contribution < -0.4 is 15.5 Å². The maximum absolute atomic E-state index is 13.8. The first-order chi connectivity index (χ1) is 18.3. The minimum atomic E-state index is -0.850. The van der Waals surface area contributed by atoms with Crippen molar-refractivity contribution in [3.05, 3.63) is 90.2 Å². The Morgan fingerprint density at radius 3 is 2.29 bits per heavy atom. The highest BCUT2D eigenvalue weighted by molar-refractivity contribution is 5.99. The Kier molecular flexibility index (Phi) is 7.00. The fraction of sp³-hybridized carbons (Fsp3) is 0.276. The number of benzene rings is 3. The number of nitrogens with zero attached hydrogens (tertiary/aromatic N) is 3. The summed E-state index contributed by atoms with van der Waals surface area (Å²) in [5.74, 6) is -0.878. The van der Waals surface area contributed by atoms with Crippen LogP contribution in [0, 0.1) is 12.7 Å². The van der Waals surface area contributed by atoms with E-state index in [1.165, 1.54) is 24.3 Å². The molecule has 2 aliphatic heterocycles. The van der Waals surface area contributed by atoms with Crippen LogP contribution in [0.25, 0.3) is 0 Å². The van der Waals surface area contributed by atoms with Crippen molar-refractivity contribution in [2.24, 2.45) is 0 Å². The lowest BCUT2D eigenvalue weighted by Gasteiger charge is -2.43. The molecule has 0 unspecified atom stereocenters. The van der Waals surface area contributed by atoms with Gasteiger partial charge in [-0.1, -0.05) is 30.3 Å². The van der Waals surface area contributed by atoms with Gasteiger partial charge in [-0.25, -0.2) is 9.18 Å². The van der Waals surface area contributed by atoms with E-state index in [-0.39, 0.29) is 31.1 Å². The van der Waals surface area contributed by atoms with Crippen molar-refractivity contribution < 1.29 is 18.8 Å². The van der Waals surface area contributed by atoms with E-state index in [1.54, 1.807) is 9.80 Å². The van der Waals surface area contributed by atoms with E-state index in [0.29, 0.717) is 31.6 Å². The quantitative estimate of drug-likeness (QED) is 0.526. The SMILES string of the molecule is Cc1cccc(NC(=O)N2CCC3(CC2)C(=O)N(CC(=O)Nc2ccc(F)cc2)CN3c2ccccc2)c1. The first-order valence-corrected chi connectivity index (χ1v) is 12.6. The number of halogens is 1. The molecule has 2 saturated heterocycles. The number of anilines is 3. The number of urea groups is 1. The van der Waals surface area contributed by atoms with Gasteiger partial charge in [-0.3, -0.25) is 9.59 Å². The number of piperidine rings is 1. The van der Waals surface area contributed by atoms with Gasteiger partial charge in [0.15, 0.2) is 0 Å². The highest BCUT2D eigenvalue weighted by atomic mass is 19.1. The molecule has 0 aliphatic carbocycles. The van der Waals surface area contributed by atoms with Crippen molar-refractivity contribution in [1.29, 1.82) is 0 Å². The molecule has 5 rings (SSSR count). The number of carbonyl (C=O) groups is 3. The zero-order valence-corrected chi connectivity index (χ0v) is 21.2. The Balaban J connectivity index is 1.30. The minimum Gasteiger partial charge on any atom is -0.339 e. The Labute approximate surface area is 221 Å². The molecule has 2 N–H and O–H groups in total. The highest BCUT2D eigenvalue weighted by Gasteiger charge is 2.54. The fourth-order valence-corrected chi connectivity index (χ4v) is 5.23. The summed E-state index contributed by atoms with van der Waals surface area (Å²) in [5.41, 5.74) is 2.29. The smallest absolute Gasteiger partial charge is 0.321 e. The molecular formula is C29H30FN5O3. The van der Waals surface area contributed by atoms with Gasteiger partial charge in [0.1, 0.15) is 17.9 Å². The number of nitrogens with one attached hydrogen (secondary N) is 2. The maximum atomic E-state index is 13.8. The monoisotopic (exact) mass is 515 g/mol. The molecule has 4 amide bonds. The average Bonchev–Trinajstić information content (AvgIpc) is 3.17. The van der Waals surface area contributed by atoms with Crippen molar-refractivity contribution in [3.63, 3.8) is 0 Å². The normalized spacial score (nSPS) is 16.6. The largest absolute Gasteiger partial charge is 0.339 e. The zero-order chi connectivity index (χ0) is 26.7. The van der Waals surface area contributed by atoms with Crippen molar-refractivity contribution in [3.8, 4) is 0 Å². The molecule has 2 heterocycles. The number of rotatable bonds is 5. The Hall–Kier alpha value is -4.40. The van der Waals surface area contributed by atoms with Crippen molar-refractivity contribution >= 4 is 34.9 Å². The van der Waals surface area contributed by atoms with Crippen LogP contribution in [0.15, 0.2) is 78.9 Å². The third-order valence-electron chi connectivity index (χ3n) is 7.19. The molecule has 3 aromatic carbocycles. The van der Waals surface area contributed by atoms with E-state index in [9.17, 15) is 18.8 Å². The van der Waals surface area contributed by atoms with Gasteiger partial charge in [0.25, 0.3) is 5.91 Å². The molecule has 9 heteroatoms. The van der Waals surface area contributed by atoms with E-state index in [4.69, 9.17) is 0 Å². The first-order valence-electron chi connectivity index (χ1n) is 12.6. The molecule has 1 spiro atoms. The van der Waals surface area contributed by atoms with Crippen LogP contribution in [-0.4, -0.2) is 59.5 Å². The molecule has 0 saturated carbocycles. The maximum Gasteiger partial charge on any atom is 0.321 e. The van der Waals surface area contributed by atoms with Gasteiger partial charge >= 0.3 is 6.03 Å².